The van der Waals surface area contributed by atoms with Crippen molar-refractivity contribution in [2.75, 3.05) is 0 Å². The zero-order valence-electron chi connectivity index (χ0n) is 16.5. The van der Waals surface area contributed by atoms with E-state index in [0.29, 0.717) is 11.8 Å². The second-order valence-corrected chi connectivity index (χ2v) is 8.73. The number of hydrogen-bond acceptors (Lipinski definition) is 1. The van der Waals surface area contributed by atoms with Crippen LogP contribution in [0.1, 0.15) is 62.0 Å². The fraction of sp³-hybridized carbons (Fsp3) is 0.333. The molecule has 2 aromatic heterocycles. The van der Waals surface area contributed by atoms with Gasteiger partial charge in [0.25, 0.3) is 0 Å². The molecule has 0 aliphatic carbocycles. The van der Waals surface area contributed by atoms with Crippen molar-refractivity contribution in [3.63, 3.8) is 0 Å². The molecule has 2 aromatic carbocycles. The molecule has 0 aliphatic heterocycles. The first-order valence-corrected chi connectivity index (χ1v) is 10.4. The fourth-order valence-electron chi connectivity index (χ4n) is 3.17. The van der Waals surface area contributed by atoms with Gasteiger partial charge in [-0.2, -0.15) is 0 Å². The molecule has 0 spiro atoms. The van der Waals surface area contributed by atoms with Crippen LogP contribution in [0.4, 0.5) is 0 Å². The predicted octanol–water partition coefficient (Wildman–Crippen LogP) is 8.01. The number of benzene rings is 2. The Morgan fingerprint density at radius 1 is 0.885 bits per heavy atom. The van der Waals surface area contributed by atoms with Crippen molar-refractivity contribution >= 4 is 32.3 Å². The van der Waals surface area contributed by atoms with Gasteiger partial charge in [-0.15, -0.1) is 11.3 Å². The lowest BCUT2D eigenvalue weighted by Crippen LogP contribution is -1.89. The Balaban J connectivity index is 0.000000151. The molecule has 1 N–H and O–H groups in total. The highest BCUT2D eigenvalue weighted by atomic mass is 32.1. The molecule has 136 valence electrons. The third kappa shape index (κ3) is 4.19. The molecule has 1 unspecified atom stereocenters. The minimum atomic E-state index is 0.629. The zero-order chi connectivity index (χ0) is 18.7. The molecule has 0 radical (unpaired) electrons. The van der Waals surface area contributed by atoms with Crippen molar-refractivity contribution in [3.8, 4) is 0 Å². The number of thiophene rings is 1. The molecule has 0 saturated carbocycles. The summed E-state index contributed by atoms with van der Waals surface area (Å²) < 4.78 is 1.40. The number of hydrogen-bond donors (Lipinski definition) is 1. The van der Waals surface area contributed by atoms with Crippen molar-refractivity contribution in [2.45, 2.75) is 52.9 Å². The van der Waals surface area contributed by atoms with E-state index in [2.05, 4.69) is 88.1 Å². The van der Waals surface area contributed by atoms with Gasteiger partial charge in [-0.05, 0) is 77.4 Å². The molecule has 26 heavy (non-hydrogen) atoms. The van der Waals surface area contributed by atoms with Crippen LogP contribution in [0.15, 0.2) is 54.7 Å². The number of nitrogens with one attached hydrogen (secondary N) is 1. The van der Waals surface area contributed by atoms with Crippen LogP contribution in [-0.4, -0.2) is 4.98 Å². The summed E-state index contributed by atoms with van der Waals surface area (Å²) >= 11 is 1.87. The number of aryl methyl sites for hydroxylation is 1. The molecule has 4 aromatic rings. The predicted molar refractivity (Wildman–Crippen MR) is 118 cm³/mol. The maximum Gasteiger partial charge on any atom is 0.0454 e. The highest BCUT2D eigenvalue weighted by molar-refractivity contribution is 7.19. The summed E-state index contributed by atoms with van der Waals surface area (Å²) in [5.41, 5.74) is 4.10. The van der Waals surface area contributed by atoms with E-state index in [4.69, 9.17) is 0 Å². The normalized spacial score (nSPS) is 12.4. The zero-order valence-corrected chi connectivity index (χ0v) is 17.3. The number of aromatic amines is 1. The summed E-state index contributed by atoms with van der Waals surface area (Å²) in [5, 5.41) is 2.71. The van der Waals surface area contributed by atoms with Gasteiger partial charge < -0.3 is 4.98 Å². The van der Waals surface area contributed by atoms with E-state index in [9.17, 15) is 0 Å². The van der Waals surface area contributed by atoms with Gasteiger partial charge in [0.15, 0.2) is 0 Å². The summed E-state index contributed by atoms with van der Waals surface area (Å²) in [5.74, 6) is 1.30. The average molecular weight is 364 g/mol. The van der Waals surface area contributed by atoms with Crippen LogP contribution in [0.25, 0.3) is 21.0 Å². The van der Waals surface area contributed by atoms with Crippen molar-refractivity contribution in [1.29, 1.82) is 0 Å². The Morgan fingerprint density at radius 2 is 1.62 bits per heavy atom. The lowest BCUT2D eigenvalue weighted by Gasteiger charge is -2.08. The molecule has 0 fully saturated rings. The Bertz CT molecular complexity index is 990. The number of aromatic nitrogens is 1. The van der Waals surface area contributed by atoms with Crippen LogP contribution in [0.3, 0.4) is 0 Å². The first-order valence-electron chi connectivity index (χ1n) is 9.55. The van der Waals surface area contributed by atoms with E-state index >= 15 is 0 Å². The Kier molecular flexibility index (Phi) is 5.83. The third-order valence-corrected chi connectivity index (χ3v) is 6.12. The molecular weight excluding hydrogens is 334 g/mol. The fourth-order valence-corrected chi connectivity index (χ4v) is 4.07. The van der Waals surface area contributed by atoms with Gasteiger partial charge in [-0.1, -0.05) is 45.9 Å². The van der Waals surface area contributed by atoms with Gasteiger partial charge in [0, 0.05) is 21.3 Å². The molecule has 0 saturated heterocycles. The Hall–Kier alpha value is -2.06. The van der Waals surface area contributed by atoms with Crippen LogP contribution in [0.5, 0.6) is 0 Å². The molecule has 1 atom stereocenters. The first-order chi connectivity index (χ1) is 12.5. The van der Waals surface area contributed by atoms with E-state index < -0.39 is 0 Å². The minimum absolute atomic E-state index is 0.629. The smallest absolute Gasteiger partial charge is 0.0454 e. The largest absolute Gasteiger partial charge is 0.361 e. The van der Waals surface area contributed by atoms with Crippen molar-refractivity contribution in [2.24, 2.45) is 0 Å². The van der Waals surface area contributed by atoms with Crippen LogP contribution in [0, 0.1) is 6.92 Å². The number of H-pyrrole nitrogens is 1. The van der Waals surface area contributed by atoms with Crippen LogP contribution in [-0.2, 0) is 0 Å². The van der Waals surface area contributed by atoms with Gasteiger partial charge in [0.05, 0.1) is 0 Å². The SMILES string of the molecule is CCC(C)c1ccc2[nH]ccc2c1.Cc1cc2cc(C(C)C)ccc2s1. The molecule has 2 heteroatoms. The van der Waals surface area contributed by atoms with Crippen LogP contribution >= 0.6 is 11.3 Å². The monoisotopic (exact) mass is 363 g/mol. The van der Waals surface area contributed by atoms with E-state index in [-0.39, 0.29) is 0 Å². The standard InChI is InChI=1S/C12H15N.C12H14S/c1-3-9(2)10-4-5-12-11(8-10)6-7-13-12;1-8(2)10-4-5-12-11(7-10)6-9(3)13-12/h4-9,13H,3H2,1-2H3;4-8H,1-3H3. The lowest BCUT2D eigenvalue weighted by atomic mass is 9.98. The summed E-state index contributed by atoms with van der Waals surface area (Å²) in [4.78, 5) is 4.60. The second-order valence-electron chi connectivity index (χ2n) is 7.44. The van der Waals surface area contributed by atoms with Crippen molar-refractivity contribution in [1.82, 2.24) is 4.98 Å². The maximum absolute atomic E-state index is 3.20. The van der Waals surface area contributed by atoms with Crippen molar-refractivity contribution in [3.05, 3.63) is 70.7 Å². The number of fused-ring (bicyclic) bond motifs is 2. The maximum atomic E-state index is 3.20. The highest BCUT2D eigenvalue weighted by Crippen LogP contribution is 2.28. The quantitative estimate of drug-likeness (QED) is 0.379. The van der Waals surface area contributed by atoms with E-state index in [1.807, 2.05) is 17.5 Å². The van der Waals surface area contributed by atoms with E-state index in [1.54, 1.807) is 0 Å². The lowest BCUT2D eigenvalue weighted by molar-refractivity contribution is 0.735. The molecule has 4 rings (SSSR count). The molecular formula is C24H29NS. The highest BCUT2D eigenvalue weighted by Gasteiger charge is 2.04. The first kappa shape index (κ1) is 18.7. The van der Waals surface area contributed by atoms with Gasteiger partial charge in [0.1, 0.15) is 0 Å². The summed E-state index contributed by atoms with van der Waals surface area (Å²) in [6, 6.07) is 17.8. The van der Waals surface area contributed by atoms with Crippen molar-refractivity contribution < 1.29 is 0 Å². The Labute approximate surface area is 161 Å². The van der Waals surface area contributed by atoms with Gasteiger partial charge in [-0.3, -0.25) is 0 Å². The molecule has 0 bridgehead atoms. The van der Waals surface area contributed by atoms with Gasteiger partial charge >= 0.3 is 0 Å². The third-order valence-electron chi connectivity index (χ3n) is 5.09. The summed E-state index contributed by atoms with van der Waals surface area (Å²) in [7, 11) is 0. The summed E-state index contributed by atoms with van der Waals surface area (Å²) in [6.07, 6.45) is 3.20. The number of rotatable bonds is 3. The van der Waals surface area contributed by atoms with Crippen LogP contribution < -0.4 is 0 Å². The van der Waals surface area contributed by atoms with Gasteiger partial charge in [-0.25, -0.2) is 0 Å². The minimum Gasteiger partial charge on any atom is -0.361 e. The second kappa shape index (κ2) is 8.09. The summed E-state index contributed by atoms with van der Waals surface area (Å²) in [6.45, 7) is 11.1. The topological polar surface area (TPSA) is 15.8 Å². The van der Waals surface area contributed by atoms with Crippen LogP contribution in [0.2, 0.25) is 0 Å². The van der Waals surface area contributed by atoms with E-state index in [1.165, 1.54) is 43.4 Å². The molecule has 0 amide bonds. The Morgan fingerprint density at radius 3 is 2.35 bits per heavy atom. The average Bonchev–Trinajstić information content (AvgIpc) is 3.25. The molecule has 0 aliphatic rings. The molecule has 1 nitrogen and oxygen atoms in total. The van der Waals surface area contributed by atoms with E-state index in [0.717, 1.165) is 0 Å². The van der Waals surface area contributed by atoms with Gasteiger partial charge in [0.2, 0.25) is 0 Å². The molecule has 2 heterocycles.